The Hall–Kier alpha value is -0.880. The molecule has 6 nitrogen and oxygen atoms in total. The van der Waals surface area contributed by atoms with Crippen molar-refractivity contribution in [3.05, 3.63) is 0 Å². The summed E-state index contributed by atoms with van der Waals surface area (Å²) in [4.78, 5) is 5.98. The molecule has 0 aromatic carbocycles. The van der Waals surface area contributed by atoms with Gasteiger partial charge in [-0.3, -0.25) is 20.4 Å². The summed E-state index contributed by atoms with van der Waals surface area (Å²) in [6, 6.07) is 0. The van der Waals surface area contributed by atoms with Crippen LogP contribution in [0, 0.1) is 5.41 Å². The van der Waals surface area contributed by atoms with Gasteiger partial charge in [-0.1, -0.05) is 0 Å². The van der Waals surface area contributed by atoms with Crippen molar-refractivity contribution in [1.29, 1.82) is 5.41 Å². The second kappa shape index (κ2) is 9.35. The van der Waals surface area contributed by atoms with Gasteiger partial charge in [0.15, 0.2) is 0 Å². The summed E-state index contributed by atoms with van der Waals surface area (Å²) < 4.78 is 0. The number of hydrogen-bond acceptors (Lipinski definition) is 2. The van der Waals surface area contributed by atoms with Crippen LogP contribution >= 0.6 is 24.8 Å². The van der Waals surface area contributed by atoms with Crippen LogP contribution in [0.4, 0.5) is 0 Å². The maximum absolute atomic E-state index is 7.38. The lowest BCUT2D eigenvalue weighted by molar-refractivity contribution is 0.152. The number of nitrogens with two attached hydrogens (primary N) is 1. The van der Waals surface area contributed by atoms with Gasteiger partial charge in [-0.2, -0.15) is 0 Å². The van der Waals surface area contributed by atoms with Crippen molar-refractivity contribution in [1.82, 2.24) is 14.9 Å². The molecular weight excluding hydrogens is 251 g/mol. The first-order valence-corrected chi connectivity index (χ1v) is 4.45. The van der Waals surface area contributed by atoms with Gasteiger partial charge in [-0.25, -0.2) is 0 Å². The zero-order chi connectivity index (χ0) is 11.3. The van der Waals surface area contributed by atoms with Crippen LogP contribution in [-0.2, 0) is 0 Å². The van der Waals surface area contributed by atoms with E-state index >= 15 is 0 Å². The summed E-state index contributed by atoms with van der Waals surface area (Å²) >= 11 is 0. The van der Waals surface area contributed by atoms with Gasteiger partial charge in [0.1, 0.15) is 0 Å². The number of hydrazine groups is 1. The minimum absolute atomic E-state index is 0. The molecule has 0 unspecified atom stereocenters. The van der Waals surface area contributed by atoms with E-state index in [1.807, 2.05) is 33.0 Å². The van der Waals surface area contributed by atoms with Gasteiger partial charge in [-0.15, -0.1) is 24.8 Å². The third-order valence-electron chi connectivity index (χ3n) is 1.83. The minimum Gasteiger partial charge on any atom is -0.369 e. The summed E-state index contributed by atoms with van der Waals surface area (Å²) in [6.45, 7) is 2.57. The molecule has 0 fully saturated rings. The van der Waals surface area contributed by atoms with Crippen LogP contribution in [0.2, 0.25) is 0 Å². The summed E-state index contributed by atoms with van der Waals surface area (Å²) in [6.07, 6.45) is 0. The number of nitrogens with one attached hydrogen (secondary N) is 1. The molecule has 0 rings (SSSR count). The predicted molar refractivity (Wildman–Crippen MR) is 73.6 cm³/mol. The standard InChI is InChI=1S/C8H20N6.2ClH/c1-6-14(7(9)10)13(5)8(11-2)12(3)4;;/h6H2,1-5H3,(H3,9,10);2*1H. The zero-order valence-electron chi connectivity index (χ0n) is 10.4. The average Bonchev–Trinajstić information content (AvgIpc) is 2.04. The largest absolute Gasteiger partial charge is 0.369 e. The molecule has 0 bridgehead atoms. The van der Waals surface area contributed by atoms with E-state index in [0.717, 1.165) is 5.96 Å². The van der Waals surface area contributed by atoms with Crippen molar-refractivity contribution in [2.45, 2.75) is 6.92 Å². The van der Waals surface area contributed by atoms with E-state index in [0.29, 0.717) is 6.54 Å². The molecule has 0 saturated heterocycles. The van der Waals surface area contributed by atoms with Gasteiger partial charge < -0.3 is 10.6 Å². The van der Waals surface area contributed by atoms with Gasteiger partial charge in [-0.05, 0) is 6.92 Å². The van der Waals surface area contributed by atoms with Gasteiger partial charge in [0.2, 0.25) is 11.9 Å². The first kappa shape index (κ1) is 20.5. The number of guanidine groups is 2. The molecule has 8 heteroatoms. The van der Waals surface area contributed by atoms with Crippen molar-refractivity contribution in [3.63, 3.8) is 0 Å². The molecule has 0 aromatic rings. The molecular formula is C8H22Cl2N6. The quantitative estimate of drug-likeness (QED) is 0.413. The Bertz CT molecular complexity index is 231. The molecule has 0 spiro atoms. The second-order valence-electron chi connectivity index (χ2n) is 3.04. The Morgan fingerprint density at radius 3 is 1.88 bits per heavy atom. The molecule has 0 saturated carbocycles. The Kier molecular flexibility index (Phi) is 12.0. The summed E-state index contributed by atoms with van der Waals surface area (Å²) in [5.74, 6) is 0.764. The Labute approximate surface area is 110 Å². The number of aliphatic imine (C=N–C) groups is 1. The van der Waals surface area contributed by atoms with Crippen LogP contribution in [0.5, 0.6) is 0 Å². The van der Waals surface area contributed by atoms with E-state index in [1.54, 1.807) is 17.1 Å². The molecule has 3 N–H and O–H groups in total. The fraction of sp³-hybridized carbons (Fsp3) is 0.750. The van der Waals surface area contributed by atoms with Crippen LogP contribution in [0.25, 0.3) is 0 Å². The van der Waals surface area contributed by atoms with Crippen LogP contribution in [0.3, 0.4) is 0 Å². The number of nitrogens with zero attached hydrogens (tertiary/aromatic N) is 4. The van der Waals surface area contributed by atoms with Crippen LogP contribution in [-0.4, -0.2) is 61.6 Å². The van der Waals surface area contributed by atoms with Crippen molar-refractivity contribution in [2.24, 2.45) is 10.7 Å². The van der Waals surface area contributed by atoms with Crippen LogP contribution in [0.15, 0.2) is 4.99 Å². The van der Waals surface area contributed by atoms with E-state index in [2.05, 4.69) is 4.99 Å². The zero-order valence-corrected chi connectivity index (χ0v) is 12.0. The first-order valence-electron chi connectivity index (χ1n) is 4.45. The molecule has 98 valence electrons. The molecule has 0 aliphatic heterocycles. The van der Waals surface area contributed by atoms with Gasteiger partial charge in [0.25, 0.3) is 0 Å². The number of hydrogen-bond donors (Lipinski definition) is 2. The topological polar surface area (TPSA) is 72.0 Å². The van der Waals surface area contributed by atoms with Crippen molar-refractivity contribution >= 4 is 36.7 Å². The van der Waals surface area contributed by atoms with Crippen LogP contribution < -0.4 is 5.73 Å². The normalized spacial score (nSPS) is 9.69. The van der Waals surface area contributed by atoms with Gasteiger partial charge in [0.05, 0.1) is 0 Å². The molecule has 0 heterocycles. The van der Waals surface area contributed by atoms with Crippen LogP contribution in [0.1, 0.15) is 6.92 Å². The van der Waals surface area contributed by atoms with E-state index in [4.69, 9.17) is 11.1 Å². The molecule has 16 heavy (non-hydrogen) atoms. The third kappa shape index (κ3) is 5.27. The Morgan fingerprint density at radius 1 is 1.25 bits per heavy atom. The molecule has 0 amide bonds. The van der Waals surface area contributed by atoms with Crippen molar-refractivity contribution < 1.29 is 0 Å². The summed E-state index contributed by atoms with van der Waals surface area (Å²) in [5.41, 5.74) is 5.43. The number of rotatable bonds is 1. The minimum atomic E-state index is 0. The monoisotopic (exact) mass is 272 g/mol. The number of halogens is 2. The summed E-state index contributed by atoms with van der Waals surface area (Å²) in [7, 11) is 7.33. The predicted octanol–water partition coefficient (Wildman–Crippen LogP) is 0.440. The lowest BCUT2D eigenvalue weighted by Crippen LogP contribution is -2.53. The maximum atomic E-state index is 7.38. The fourth-order valence-electron chi connectivity index (χ4n) is 1.29. The molecule has 0 atom stereocenters. The highest BCUT2D eigenvalue weighted by atomic mass is 35.5. The maximum Gasteiger partial charge on any atom is 0.214 e. The second-order valence-corrected chi connectivity index (χ2v) is 3.04. The van der Waals surface area contributed by atoms with Crippen molar-refractivity contribution in [2.75, 3.05) is 34.7 Å². The first-order chi connectivity index (χ1) is 6.45. The van der Waals surface area contributed by atoms with E-state index < -0.39 is 0 Å². The molecule has 0 aromatic heterocycles. The highest BCUT2D eigenvalue weighted by molar-refractivity contribution is 5.85. The SMILES string of the molecule is CCN(C(=N)N)N(C)C(=NC)N(C)C.Cl.Cl. The molecule has 0 radical (unpaired) electrons. The van der Waals surface area contributed by atoms with Gasteiger partial charge in [0, 0.05) is 34.7 Å². The van der Waals surface area contributed by atoms with Gasteiger partial charge >= 0.3 is 0 Å². The average molecular weight is 273 g/mol. The molecule has 0 aliphatic carbocycles. The Balaban J connectivity index is -0.000000845. The lowest BCUT2D eigenvalue weighted by Gasteiger charge is -2.35. The molecule has 0 aliphatic rings. The highest BCUT2D eigenvalue weighted by Gasteiger charge is 2.15. The third-order valence-corrected chi connectivity index (χ3v) is 1.83. The lowest BCUT2D eigenvalue weighted by atomic mass is 10.6. The summed E-state index contributed by atoms with van der Waals surface area (Å²) in [5, 5.41) is 10.8. The Morgan fingerprint density at radius 2 is 1.69 bits per heavy atom. The van der Waals surface area contributed by atoms with E-state index in [9.17, 15) is 0 Å². The smallest absolute Gasteiger partial charge is 0.214 e. The highest BCUT2D eigenvalue weighted by Crippen LogP contribution is 1.97. The fourth-order valence-corrected chi connectivity index (χ4v) is 1.29. The van der Waals surface area contributed by atoms with Crippen molar-refractivity contribution in [3.8, 4) is 0 Å². The van der Waals surface area contributed by atoms with E-state index in [1.165, 1.54) is 0 Å². The van der Waals surface area contributed by atoms with E-state index in [-0.39, 0.29) is 30.8 Å².